The van der Waals surface area contributed by atoms with E-state index in [1.165, 1.54) is 27.6 Å². The summed E-state index contributed by atoms with van der Waals surface area (Å²) in [6, 6.07) is 24.1. The summed E-state index contributed by atoms with van der Waals surface area (Å²) in [5.74, 6) is 7.96. The first-order chi connectivity index (χ1) is 16.1. The molecule has 0 bridgehead atoms. The van der Waals surface area contributed by atoms with Crippen LogP contribution in [0.5, 0.6) is 5.75 Å². The van der Waals surface area contributed by atoms with Crippen LogP contribution in [0.25, 0.3) is 0 Å². The fraction of sp³-hybridized carbons (Fsp3) is 0.125. The number of aromatic nitrogens is 3. The minimum atomic E-state index is 0.352. The molecule has 0 aliphatic carbocycles. The second-order valence-corrected chi connectivity index (χ2v) is 9.14. The number of hydrogen-bond acceptors (Lipinski definition) is 7. The van der Waals surface area contributed by atoms with Crippen LogP contribution in [0.4, 0.5) is 5.95 Å². The number of nitrogens with two attached hydrogens (primary N) is 1. The monoisotopic (exact) mass is 522 g/mol. The van der Waals surface area contributed by atoms with Gasteiger partial charge in [-0.1, -0.05) is 81.8 Å². The molecule has 9 heteroatoms. The summed E-state index contributed by atoms with van der Waals surface area (Å²) in [6.45, 7) is 2.52. The van der Waals surface area contributed by atoms with Gasteiger partial charge in [-0.15, -0.1) is 10.2 Å². The van der Waals surface area contributed by atoms with Crippen molar-refractivity contribution < 1.29 is 4.74 Å². The normalized spacial score (nSPS) is 11.1. The van der Waals surface area contributed by atoms with Crippen molar-refractivity contribution in [2.24, 2.45) is 5.10 Å². The van der Waals surface area contributed by atoms with E-state index in [-0.39, 0.29) is 0 Å². The van der Waals surface area contributed by atoms with Crippen LogP contribution >= 0.6 is 27.7 Å². The number of nitrogen functional groups attached to an aromatic ring is 1. The Labute approximate surface area is 205 Å². The predicted octanol–water partition coefficient (Wildman–Crippen LogP) is 5.38. The van der Waals surface area contributed by atoms with Gasteiger partial charge in [0.15, 0.2) is 0 Å². The van der Waals surface area contributed by atoms with E-state index in [0.717, 1.165) is 27.1 Å². The highest BCUT2D eigenvalue weighted by Gasteiger charge is 2.10. The highest BCUT2D eigenvalue weighted by atomic mass is 79.9. The maximum atomic E-state index is 6.13. The summed E-state index contributed by atoms with van der Waals surface area (Å²) >= 11 is 4.99. The second-order valence-electron chi connectivity index (χ2n) is 7.28. The van der Waals surface area contributed by atoms with Crippen molar-refractivity contribution in [3.05, 3.63) is 99.5 Å². The fourth-order valence-corrected chi connectivity index (χ4v) is 4.21. The van der Waals surface area contributed by atoms with Crippen LogP contribution in [0.3, 0.4) is 0 Å². The number of para-hydroxylation sites is 1. The number of nitrogens with one attached hydrogen (secondary N) is 1. The van der Waals surface area contributed by atoms with Gasteiger partial charge in [-0.25, -0.2) is 10.1 Å². The summed E-state index contributed by atoms with van der Waals surface area (Å²) < 4.78 is 8.40. The molecule has 3 N–H and O–H groups in total. The van der Waals surface area contributed by atoms with Gasteiger partial charge in [-0.05, 0) is 42.3 Å². The van der Waals surface area contributed by atoms with E-state index in [9.17, 15) is 0 Å². The quantitative estimate of drug-likeness (QED) is 0.133. The van der Waals surface area contributed by atoms with Crippen LogP contribution in [0.2, 0.25) is 0 Å². The fourth-order valence-electron chi connectivity index (χ4n) is 2.95. The van der Waals surface area contributed by atoms with E-state index >= 15 is 0 Å². The lowest BCUT2D eigenvalue weighted by Crippen LogP contribution is -2.13. The van der Waals surface area contributed by atoms with Crippen molar-refractivity contribution in [2.45, 2.75) is 24.4 Å². The maximum Gasteiger partial charge on any atom is 0.264 e. The molecule has 0 spiro atoms. The summed E-state index contributed by atoms with van der Waals surface area (Å²) in [7, 11) is 0. The molecule has 0 fully saturated rings. The van der Waals surface area contributed by atoms with Gasteiger partial charge in [-0.2, -0.15) is 5.10 Å². The number of aryl methyl sites for hydroxylation is 1. The molecule has 0 unspecified atom stereocenters. The number of thioether (sulfide) groups is 1. The van der Waals surface area contributed by atoms with Crippen LogP contribution < -0.4 is 16.0 Å². The summed E-state index contributed by atoms with van der Waals surface area (Å²) in [5.41, 5.74) is 7.18. The van der Waals surface area contributed by atoms with Gasteiger partial charge >= 0.3 is 0 Å². The molecule has 4 aromatic rings. The third kappa shape index (κ3) is 6.36. The number of anilines is 1. The van der Waals surface area contributed by atoms with Crippen LogP contribution in [0.1, 0.15) is 22.3 Å². The van der Waals surface area contributed by atoms with Crippen molar-refractivity contribution in [1.82, 2.24) is 14.9 Å². The molecule has 0 radical (unpaired) electrons. The number of ether oxygens (including phenoxy) is 1. The molecule has 1 heterocycles. The highest BCUT2D eigenvalue weighted by molar-refractivity contribution is 9.10. The Morgan fingerprint density at radius 1 is 1.06 bits per heavy atom. The highest BCUT2D eigenvalue weighted by Crippen LogP contribution is 2.22. The average molecular weight is 523 g/mol. The van der Waals surface area contributed by atoms with E-state index in [0.29, 0.717) is 17.7 Å². The molecule has 0 aliphatic rings. The van der Waals surface area contributed by atoms with Gasteiger partial charge in [0.05, 0.1) is 6.21 Å². The average Bonchev–Trinajstić information content (AvgIpc) is 3.17. The third-order valence-corrected chi connectivity index (χ3v) is 6.23. The van der Waals surface area contributed by atoms with Crippen molar-refractivity contribution >= 4 is 39.9 Å². The first-order valence-electron chi connectivity index (χ1n) is 10.2. The summed E-state index contributed by atoms with van der Waals surface area (Å²) in [6.07, 6.45) is 1.67. The molecule has 0 atom stereocenters. The maximum absolute atomic E-state index is 6.13. The zero-order chi connectivity index (χ0) is 23.0. The summed E-state index contributed by atoms with van der Waals surface area (Å²) in [4.78, 5) is 0. The van der Waals surface area contributed by atoms with Gasteiger partial charge in [0.25, 0.3) is 5.95 Å². The largest absolute Gasteiger partial charge is 0.488 e. The van der Waals surface area contributed by atoms with E-state index in [1.54, 1.807) is 6.21 Å². The molecule has 0 saturated carbocycles. The second kappa shape index (κ2) is 11.0. The minimum absolute atomic E-state index is 0.352. The molecule has 4 rings (SSSR count). The smallest absolute Gasteiger partial charge is 0.264 e. The van der Waals surface area contributed by atoms with Crippen LogP contribution in [0, 0.1) is 6.92 Å². The van der Waals surface area contributed by atoms with Crippen molar-refractivity contribution in [1.29, 1.82) is 0 Å². The van der Waals surface area contributed by atoms with E-state index < -0.39 is 0 Å². The van der Waals surface area contributed by atoms with Gasteiger partial charge in [0, 0.05) is 15.8 Å². The van der Waals surface area contributed by atoms with Crippen molar-refractivity contribution in [3.63, 3.8) is 0 Å². The molecule has 7 nitrogen and oxygen atoms in total. The van der Waals surface area contributed by atoms with Crippen LogP contribution in [-0.2, 0) is 12.4 Å². The van der Waals surface area contributed by atoms with Gasteiger partial charge < -0.3 is 10.6 Å². The number of benzene rings is 3. The Balaban J connectivity index is 1.36. The zero-order valence-electron chi connectivity index (χ0n) is 18.0. The minimum Gasteiger partial charge on any atom is -0.488 e. The Hall–Kier alpha value is -3.30. The number of halogens is 1. The Kier molecular flexibility index (Phi) is 7.64. The van der Waals surface area contributed by atoms with E-state index in [2.05, 4.69) is 67.8 Å². The molecule has 168 valence electrons. The van der Waals surface area contributed by atoms with Crippen LogP contribution in [-0.4, -0.2) is 21.1 Å². The molecule has 0 aliphatic heterocycles. The molecule has 1 aromatic heterocycles. The number of rotatable bonds is 9. The Morgan fingerprint density at radius 2 is 1.88 bits per heavy atom. The van der Waals surface area contributed by atoms with Crippen molar-refractivity contribution in [3.8, 4) is 5.75 Å². The topological polar surface area (TPSA) is 90.4 Å². The van der Waals surface area contributed by atoms with Crippen molar-refractivity contribution in [2.75, 3.05) is 11.3 Å². The van der Waals surface area contributed by atoms with Gasteiger partial charge in [0.2, 0.25) is 5.16 Å². The lowest BCUT2D eigenvalue weighted by atomic mass is 10.2. The molecule has 3 aromatic carbocycles. The lowest BCUT2D eigenvalue weighted by molar-refractivity contribution is 0.305. The first kappa shape index (κ1) is 22.9. The van der Waals surface area contributed by atoms with E-state index in [1.807, 2.05) is 48.5 Å². The molecule has 0 amide bonds. The molecule has 0 saturated heterocycles. The molecular weight excluding hydrogens is 500 g/mol. The SMILES string of the molecule is Cc1ccc(CSc2nnc(N/N=C/c3ccccc3OCc3cccc(Br)c3)n2N)cc1. The van der Waals surface area contributed by atoms with E-state index in [4.69, 9.17) is 10.6 Å². The summed E-state index contributed by atoms with van der Waals surface area (Å²) in [5, 5.41) is 13.1. The predicted molar refractivity (Wildman–Crippen MR) is 137 cm³/mol. The number of hydrogen-bond donors (Lipinski definition) is 2. The lowest BCUT2D eigenvalue weighted by Gasteiger charge is -2.09. The third-order valence-electron chi connectivity index (χ3n) is 4.72. The van der Waals surface area contributed by atoms with Crippen LogP contribution in [0.15, 0.2) is 87.5 Å². The first-order valence-corrected chi connectivity index (χ1v) is 12.0. The zero-order valence-corrected chi connectivity index (χ0v) is 20.4. The van der Waals surface area contributed by atoms with Gasteiger partial charge in [0.1, 0.15) is 12.4 Å². The Bertz CT molecular complexity index is 1240. The van der Waals surface area contributed by atoms with Gasteiger partial charge in [-0.3, -0.25) is 0 Å². The number of nitrogens with zero attached hydrogens (tertiary/aromatic N) is 4. The molecular formula is C24H23BrN6OS. The Morgan fingerprint density at radius 3 is 2.70 bits per heavy atom. The number of hydrazone groups is 1. The molecule has 33 heavy (non-hydrogen) atoms. The standard InChI is InChI=1S/C24H23BrN6OS/c1-17-9-11-18(12-10-17)16-33-24-30-29-23(31(24)26)28-27-14-20-6-2-3-8-22(20)32-15-19-5-4-7-21(25)13-19/h2-14H,15-16,26H2,1H3,(H,28,29)/b27-14+.